The second-order valence-corrected chi connectivity index (χ2v) is 6.42. The van der Waals surface area contributed by atoms with E-state index in [0.29, 0.717) is 11.9 Å². The average molecular weight is 291 g/mol. The molecule has 0 radical (unpaired) electrons. The van der Waals surface area contributed by atoms with Crippen molar-refractivity contribution in [2.45, 2.75) is 58.9 Å². The molecule has 1 aromatic heterocycles. The second-order valence-electron chi connectivity index (χ2n) is 6.42. The van der Waals surface area contributed by atoms with E-state index in [4.69, 9.17) is 5.73 Å². The van der Waals surface area contributed by atoms with Crippen LogP contribution in [0.2, 0.25) is 0 Å². The summed E-state index contributed by atoms with van der Waals surface area (Å²) in [5, 5.41) is 3.47. The molecular formula is C16H29N5. The Kier molecular flexibility index (Phi) is 5.39. The lowest BCUT2D eigenvalue weighted by molar-refractivity contribution is 0.180. The molecule has 1 unspecified atom stereocenters. The molecule has 3 N–H and O–H groups in total. The van der Waals surface area contributed by atoms with Gasteiger partial charge < -0.3 is 11.1 Å². The van der Waals surface area contributed by atoms with Crippen LogP contribution in [0.4, 0.5) is 11.6 Å². The van der Waals surface area contributed by atoms with Crippen molar-refractivity contribution in [2.24, 2.45) is 0 Å². The highest BCUT2D eigenvalue weighted by Crippen LogP contribution is 2.21. The Balaban J connectivity index is 2.01. The maximum Gasteiger partial charge on any atom is 0.135 e. The number of piperidine rings is 1. The normalized spacial score (nSPS) is 18.0. The summed E-state index contributed by atoms with van der Waals surface area (Å²) in [6, 6.07) is 0.517. The highest BCUT2D eigenvalue weighted by molar-refractivity contribution is 5.55. The third kappa shape index (κ3) is 4.06. The molecule has 0 spiro atoms. The number of hydrogen-bond acceptors (Lipinski definition) is 5. The first-order valence-corrected chi connectivity index (χ1v) is 8.11. The molecule has 0 saturated carbocycles. The smallest absolute Gasteiger partial charge is 0.135 e. The lowest BCUT2D eigenvalue weighted by Gasteiger charge is -2.32. The van der Waals surface area contributed by atoms with Crippen LogP contribution in [-0.4, -0.2) is 40.5 Å². The van der Waals surface area contributed by atoms with Crippen LogP contribution in [0.25, 0.3) is 0 Å². The van der Waals surface area contributed by atoms with E-state index in [1.165, 1.54) is 32.4 Å². The van der Waals surface area contributed by atoms with Crippen LogP contribution in [0.15, 0.2) is 0 Å². The van der Waals surface area contributed by atoms with E-state index in [2.05, 4.69) is 41.0 Å². The maximum absolute atomic E-state index is 6.01. The average Bonchev–Trinajstić information content (AvgIpc) is 2.49. The van der Waals surface area contributed by atoms with E-state index < -0.39 is 0 Å². The van der Waals surface area contributed by atoms with Gasteiger partial charge in [0.2, 0.25) is 0 Å². The van der Waals surface area contributed by atoms with Gasteiger partial charge in [-0.2, -0.15) is 0 Å². The standard InChI is InChI=1S/C16H29N5/c1-11(2)15-19-14(17)13(4)16(20-15)18-10-12(3)21-8-6-5-7-9-21/h11-12H,5-10H2,1-4H3,(H3,17,18,19,20). The zero-order valence-electron chi connectivity index (χ0n) is 13.8. The first kappa shape index (κ1) is 16.0. The summed E-state index contributed by atoms with van der Waals surface area (Å²) in [5.41, 5.74) is 6.96. The molecule has 1 atom stereocenters. The summed E-state index contributed by atoms with van der Waals surface area (Å²) in [7, 11) is 0. The molecule has 21 heavy (non-hydrogen) atoms. The van der Waals surface area contributed by atoms with Crippen molar-refractivity contribution < 1.29 is 0 Å². The SMILES string of the molecule is Cc1c(N)nc(C(C)C)nc1NCC(C)N1CCCCC1. The molecule has 2 heterocycles. The highest BCUT2D eigenvalue weighted by Gasteiger charge is 2.17. The number of nitrogens with two attached hydrogens (primary N) is 1. The van der Waals surface area contributed by atoms with Crippen molar-refractivity contribution >= 4 is 11.6 Å². The van der Waals surface area contributed by atoms with Gasteiger partial charge in [-0.3, -0.25) is 4.90 Å². The van der Waals surface area contributed by atoms with Crippen LogP contribution in [0.5, 0.6) is 0 Å². The Labute approximate surface area is 128 Å². The van der Waals surface area contributed by atoms with Gasteiger partial charge in [-0.15, -0.1) is 0 Å². The molecule has 118 valence electrons. The van der Waals surface area contributed by atoms with Crippen LogP contribution in [0, 0.1) is 6.92 Å². The van der Waals surface area contributed by atoms with Crippen molar-refractivity contribution in [2.75, 3.05) is 30.7 Å². The van der Waals surface area contributed by atoms with E-state index in [1.54, 1.807) is 0 Å². The Bertz CT molecular complexity index is 466. The maximum atomic E-state index is 6.01. The van der Waals surface area contributed by atoms with Crippen molar-refractivity contribution in [1.29, 1.82) is 0 Å². The van der Waals surface area contributed by atoms with Crippen molar-refractivity contribution in [1.82, 2.24) is 14.9 Å². The number of nitrogens with one attached hydrogen (secondary N) is 1. The van der Waals surface area contributed by atoms with E-state index in [9.17, 15) is 0 Å². The molecule has 0 amide bonds. The third-order valence-electron chi connectivity index (χ3n) is 4.30. The highest BCUT2D eigenvalue weighted by atomic mass is 15.2. The Morgan fingerprint density at radius 2 is 1.81 bits per heavy atom. The summed E-state index contributed by atoms with van der Waals surface area (Å²) in [6.45, 7) is 11.8. The monoisotopic (exact) mass is 291 g/mol. The molecular weight excluding hydrogens is 262 g/mol. The summed E-state index contributed by atoms with van der Waals surface area (Å²) in [4.78, 5) is 11.6. The van der Waals surface area contributed by atoms with Gasteiger partial charge in [-0.1, -0.05) is 20.3 Å². The predicted octanol–water partition coefficient (Wildman–Crippen LogP) is 2.78. The minimum absolute atomic E-state index is 0.285. The van der Waals surface area contributed by atoms with Crippen molar-refractivity contribution in [3.8, 4) is 0 Å². The van der Waals surface area contributed by atoms with Gasteiger partial charge in [0.05, 0.1) is 0 Å². The summed E-state index contributed by atoms with van der Waals surface area (Å²) in [5.74, 6) is 2.57. The molecule has 0 aliphatic carbocycles. The van der Waals surface area contributed by atoms with Crippen molar-refractivity contribution in [3.05, 3.63) is 11.4 Å². The van der Waals surface area contributed by atoms with Crippen LogP contribution in [0.1, 0.15) is 57.3 Å². The molecule has 2 rings (SSSR count). The number of nitrogens with zero attached hydrogens (tertiary/aromatic N) is 3. The minimum Gasteiger partial charge on any atom is -0.383 e. The van der Waals surface area contributed by atoms with Crippen LogP contribution < -0.4 is 11.1 Å². The number of nitrogen functional groups attached to an aromatic ring is 1. The van der Waals surface area contributed by atoms with Crippen LogP contribution in [-0.2, 0) is 0 Å². The van der Waals surface area contributed by atoms with E-state index in [0.717, 1.165) is 23.8 Å². The van der Waals surface area contributed by atoms with E-state index >= 15 is 0 Å². The Morgan fingerprint density at radius 3 is 2.43 bits per heavy atom. The van der Waals surface area contributed by atoms with Gasteiger partial charge in [0, 0.05) is 24.1 Å². The molecule has 0 bridgehead atoms. The zero-order valence-corrected chi connectivity index (χ0v) is 13.8. The van der Waals surface area contributed by atoms with Gasteiger partial charge in [0.15, 0.2) is 0 Å². The van der Waals surface area contributed by atoms with Gasteiger partial charge in [-0.05, 0) is 39.8 Å². The molecule has 1 saturated heterocycles. The Hall–Kier alpha value is -1.36. The van der Waals surface area contributed by atoms with Gasteiger partial charge >= 0.3 is 0 Å². The minimum atomic E-state index is 0.285. The van der Waals surface area contributed by atoms with Gasteiger partial charge in [-0.25, -0.2) is 9.97 Å². The molecule has 0 aromatic carbocycles. The number of anilines is 2. The predicted molar refractivity (Wildman–Crippen MR) is 88.6 cm³/mol. The number of rotatable bonds is 5. The van der Waals surface area contributed by atoms with E-state index in [1.807, 2.05) is 6.92 Å². The van der Waals surface area contributed by atoms with Gasteiger partial charge in [0.1, 0.15) is 17.5 Å². The first-order valence-electron chi connectivity index (χ1n) is 8.11. The summed E-state index contributed by atoms with van der Waals surface area (Å²) >= 11 is 0. The second kappa shape index (κ2) is 7.07. The third-order valence-corrected chi connectivity index (χ3v) is 4.30. The summed E-state index contributed by atoms with van der Waals surface area (Å²) in [6.07, 6.45) is 4.01. The fourth-order valence-electron chi connectivity index (χ4n) is 2.71. The fraction of sp³-hybridized carbons (Fsp3) is 0.750. The molecule has 1 aliphatic rings. The van der Waals surface area contributed by atoms with Gasteiger partial charge in [0.25, 0.3) is 0 Å². The summed E-state index contributed by atoms with van der Waals surface area (Å²) < 4.78 is 0. The number of hydrogen-bond donors (Lipinski definition) is 2. The van der Waals surface area contributed by atoms with Crippen LogP contribution in [0.3, 0.4) is 0 Å². The topological polar surface area (TPSA) is 67.1 Å². The lowest BCUT2D eigenvalue weighted by atomic mass is 10.1. The molecule has 1 fully saturated rings. The molecule has 5 nitrogen and oxygen atoms in total. The number of likely N-dealkylation sites (tertiary alicyclic amines) is 1. The van der Waals surface area contributed by atoms with Crippen molar-refractivity contribution in [3.63, 3.8) is 0 Å². The molecule has 1 aromatic rings. The fourth-order valence-corrected chi connectivity index (χ4v) is 2.71. The molecule has 5 heteroatoms. The van der Waals surface area contributed by atoms with E-state index in [-0.39, 0.29) is 5.92 Å². The largest absolute Gasteiger partial charge is 0.383 e. The lowest BCUT2D eigenvalue weighted by Crippen LogP contribution is -2.41. The van der Waals surface area contributed by atoms with Crippen LogP contribution >= 0.6 is 0 Å². The first-order chi connectivity index (χ1) is 9.99. The number of aromatic nitrogens is 2. The Morgan fingerprint density at radius 1 is 1.14 bits per heavy atom. The quantitative estimate of drug-likeness (QED) is 0.873. The molecule has 1 aliphatic heterocycles. The zero-order chi connectivity index (χ0) is 15.4.